The van der Waals surface area contributed by atoms with Gasteiger partial charge in [-0.05, 0) is 47.5 Å². The topological polar surface area (TPSA) is 55.4 Å². The van der Waals surface area contributed by atoms with Crippen molar-refractivity contribution in [2.24, 2.45) is 0 Å². The van der Waals surface area contributed by atoms with E-state index in [9.17, 15) is 12.8 Å². The average molecular weight is 371 g/mol. The molecule has 26 heavy (non-hydrogen) atoms. The Kier molecular flexibility index (Phi) is 5.35. The number of ether oxygens (including phenoxy) is 1. The zero-order valence-corrected chi connectivity index (χ0v) is 14.9. The maximum Gasteiger partial charge on any atom is 0.241 e. The Balaban J connectivity index is 2.01. The van der Waals surface area contributed by atoms with Gasteiger partial charge in [0, 0.05) is 0 Å². The SMILES string of the molecule is COc1ccc(C(NS(=O)(=O)c2ccccc2)c2ccc(F)cc2)cc1. The lowest BCUT2D eigenvalue weighted by molar-refractivity contribution is 0.414. The van der Waals surface area contributed by atoms with Crippen LogP contribution in [0, 0.1) is 5.82 Å². The molecule has 0 fully saturated rings. The van der Waals surface area contributed by atoms with Gasteiger partial charge in [0.1, 0.15) is 11.6 Å². The smallest absolute Gasteiger partial charge is 0.241 e. The normalized spacial score (nSPS) is 12.5. The molecule has 4 nitrogen and oxygen atoms in total. The van der Waals surface area contributed by atoms with Crippen LogP contribution in [0.3, 0.4) is 0 Å². The van der Waals surface area contributed by atoms with Crippen molar-refractivity contribution < 1.29 is 17.5 Å². The Hall–Kier alpha value is -2.70. The van der Waals surface area contributed by atoms with E-state index in [4.69, 9.17) is 4.74 Å². The Morgan fingerprint density at radius 2 is 1.38 bits per heavy atom. The molecule has 3 aromatic carbocycles. The second-order valence-electron chi connectivity index (χ2n) is 5.69. The van der Waals surface area contributed by atoms with Gasteiger partial charge >= 0.3 is 0 Å². The maximum atomic E-state index is 13.3. The fourth-order valence-electron chi connectivity index (χ4n) is 2.60. The Morgan fingerprint density at radius 3 is 1.92 bits per heavy atom. The van der Waals surface area contributed by atoms with Crippen molar-refractivity contribution in [3.63, 3.8) is 0 Å². The number of hydrogen-bond acceptors (Lipinski definition) is 3. The number of nitrogens with one attached hydrogen (secondary N) is 1. The summed E-state index contributed by atoms with van der Waals surface area (Å²) >= 11 is 0. The van der Waals surface area contributed by atoms with E-state index in [-0.39, 0.29) is 10.7 Å². The van der Waals surface area contributed by atoms with Crippen LogP contribution in [0.4, 0.5) is 4.39 Å². The van der Waals surface area contributed by atoms with Gasteiger partial charge in [0.05, 0.1) is 18.0 Å². The van der Waals surface area contributed by atoms with Gasteiger partial charge in [-0.3, -0.25) is 0 Å². The number of rotatable bonds is 6. The molecular formula is C20H18FNO3S. The maximum absolute atomic E-state index is 13.3. The van der Waals surface area contributed by atoms with Crippen LogP contribution in [0.1, 0.15) is 17.2 Å². The highest BCUT2D eigenvalue weighted by Crippen LogP contribution is 2.26. The number of methoxy groups -OCH3 is 1. The minimum atomic E-state index is -3.76. The van der Waals surface area contributed by atoms with Gasteiger partial charge in [0.15, 0.2) is 0 Å². The molecule has 0 amide bonds. The predicted octanol–water partition coefficient (Wildman–Crippen LogP) is 3.90. The van der Waals surface area contributed by atoms with Crippen LogP contribution in [0.5, 0.6) is 5.75 Å². The molecule has 0 spiro atoms. The lowest BCUT2D eigenvalue weighted by Crippen LogP contribution is -2.29. The quantitative estimate of drug-likeness (QED) is 0.715. The Morgan fingerprint density at radius 1 is 0.846 bits per heavy atom. The number of benzene rings is 3. The molecule has 0 saturated heterocycles. The molecule has 1 N–H and O–H groups in total. The molecule has 0 aliphatic heterocycles. The highest BCUT2D eigenvalue weighted by molar-refractivity contribution is 7.89. The molecule has 0 heterocycles. The van der Waals surface area contributed by atoms with Gasteiger partial charge < -0.3 is 4.74 Å². The van der Waals surface area contributed by atoms with Gasteiger partial charge in [-0.1, -0.05) is 42.5 Å². The number of sulfonamides is 1. The lowest BCUT2D eigenvalue weighted by atomic mass is 9.99. The van der Waals surface area contributed by atoms with Crippen molar-refractivity contribution in [1.29, 1.82) is 0 Å². The summed E-state index contributed by atoms with van der Waals surface area (Å²) in [5.74, 6) is 0.283. The first-order chi connectivity index (χ1) is 12.5. The van der Waals surface area contributed by atoms with E-state index in [1.807, 2.05) is 0 Å². The van der Waals surface area contributed by atoms with Crippen LogP contribution in [0.2, 0.25) is 0 Å². The first-order valence-electron chi connectivity index (χ1n) is 7.96. The molecule has 0 bridgehead atoms. The van der Waals surface area contributed by atoms with Crippen molar-refractivity contribution in [1.82, 2.24) is 4.72 Å². The summed E-state index contributed by atoms with van der Waals surface area (Å²) in [5, 5.41) is 0. The van der Waals surface area contributed by atoms with Crippen LogP contribution in [0.15, 0.2) is 83.8 Å². The summed E-state index contributed by atoms with van der Waals surface area (Å²) in [4.78, 5) is 0.167. The van der Waals surface area contributed by atoms with Crippen molar-refractivity contribution >= 4 is 10.0 Å². The van der Waals surface area contributed by atoms with E-state index < -0.39 is 16.1 Å². The monoisotopic (exact) mass is 371 g/mol. The molecule has 1 atom stereocenters. The number of halogens is 1. The third-order valence-electron chi connectivity index (χ3n) is 3.98. The fourth-order valence-corrected chi connectivity index (χ4v) is 3.84. The Labute approximate surface area is 152 Å². The highest BCUT2D eigenvalue weighted by atomic mass is 32.2. The highest BCUT2D eigenvalue weighted by Gasteiger charge is 2.23. The zero-order chi connectivity index (χ0) is 18.6. The van der Waals surface area contributed by atoms with Crippen LogP contribution < -0.4 is 9.46 Å². The fraction of sp³-hybridized carbons (Fsp3) is 0.100. The lowest BCUT2D eigenvalue weighted by Gasteiger charge is -2.20. The van der Waals surface area contributed by atoms with Crippen LogP contribution in [-0.4, -0.2) is 15.5 Å². The van der Waals surface area contributed by atoms with Crippen molar-refractivity contribution in [3.05, 3.63) is 95.8 Å². The van der Waals surface area contributed by atoms with E-state index >= 15 is 0 Å². The summed E-state index contributed by atoms with van der Waals surface area (Å²) in [5.41, 5.74) is 1.35. The third kappa shape index (κ3) is 4.09. The Bertz CT molecular complexity index is 956. The van der Waals surface area contributed by atoms with Gasteiger partial charge in [-0.15, -0.1) is 0 Å². The molecule has 3 aromatic rings. The van der Waals surface area contributed by atoms with E-state index in [2.05, 4.69) is 4.72 Å². The van der Waals surface area contributed by atoms with Gasteiger partial charge in [0.25, 0.3) is 0 Å². The first kappa shape index (κ1) is 18.1. The molecule has 0 aliphatic carbocycles. The van der Waals surface area contributed by atoms with E-state index in [0.29, 0.717) is 11.3 Å². The van der Waals surface area contributed by atoms with Crippen LogP contribution >= 0.6 is 0 Å². The minimum absolute atomic E-state index is 0.167. The molecule has 0 saturated carbocycles. The van der Waals surface area contributed by atoms with Crippen molar-refractivity contribution in [3.8, 4) is 5.75 Å². The second-order valence-corrected chi connectivity index (χ2v) is 7.41. The largest absolute Gasteiger partial charge is 0.497 e. The standard InChI is InChI=1S/C20H18FNO3S/c1-25-18-13-9-16(10-14-18)20(15-7-11-17(21)12-8-15)22-26(23,24)19-5-3-2-4-6-19/h2-14,20,22H,1H3. The summed E-state index contributed by atoms with van der Waals surface area (Å²) in [6, 6.07) is 20.3. The molecule has 1 unspecified atom stereocenters. The zero-order valence-electron chi connectivity index (χ0n) is 14.1. The van der Waals surface area contributed by atoms with E-state index in [1.54, 1.807) is 61.7 Å². The molecule has 0 aromatic heterocycles. The number of hydrogen-bond donors (Lipinski definition) is 1. The molecule has 0 radical (unpaired) electrons. The molecule has 6 heteroatoms. The van der Waals surface area contributed by atoms with E-state index in [1.165, 1.54) is 24.3 Å². The third-order valence-corrected chi connectivity index (χ3v) is 5.42. The molecule has 0 aliphatic rings. The second kappa shape index (κ2) is 7.68. The van der Waals surface area contributed by atoms with Crippen LogP contribution in [0.25, 0.3) is 0 Å². The summed E-state index contributed by atoms with van der Waals surface area (Å²) in [6.07, 6.45) is 0. The minimum Gasteiger partial charge on any atom is -0.497 e. The molecular weight excluding hydrogens is 353 g/mol. The van der Waals surface area contributed by atoms with Crippen molar-refractivity contribution in [2.45, 2.75) is 10.9 Å². The van der Waals surface area contributed by atoms with Gasteiger partial charge in [-0.25, -0.2) is 12.8 Å². The first-order valence-corrected chi connectivity index (χ1v) is 9.45. The van der Waals surface area contributed by atoms with Gasteiger partial charge in [-0.2, -0.15) is 4.72 Å². The summed E-state index contributed by atoms with van der Waals surface area (Å²) in [7, 11) is -2.20. The molecule has 134 valence electrons. The van der Waals surface area contributed by atoms with Crippen molar-refractivity contribution in [2.75, 3.05) is 7.11 Å². The molecule has 3 rings (SSSR count). The van der Waals surface area contributed by atoms with E-state index in [0.717, 1.165) is 5.56 Å². The van der Waals surface area contributed by atoms with Crippen LogP contribution in [-0.2, 0) is 10.0 Å². The summed E-state index contributed by atoms with van der Waals surface area (Å²) < 4.78 is 46.7. The summed E-state index contributed by atoms with van der Waals surface area (Å²) in [6.45, 7) is 0. The average Bonchev–Trinajstić information content (AvgIpc) is 2.68. The predicted molar refractivity (Wildman–Crippen MR) is 98.0 cm³/mol. The van der Waals surface area contributed by atoms with Gasteiger partial charge in [0.2, 0.25) is 10.0 Å².